The van der Waals surface area contributed by atoms with Crippen LogP contribution in [0.1, 0.15) is 146 Å². The fraction of sp³-hybridized carbons (Fsp3) is 0.656. The predicted molar refractivity (Wildman–Crippen MR) is 473 cm³/mol. The second-order valence-electron chi connectivity index (χ2n) is 33.3. The lowest BCUT2D eigenvalue weighted by Crippen LogP contribution is -2.61. The molecule has 0 unspecified atom stereocenters. The first-order valence-electron chi connectivity index (χ1n) is 44.7. The van der Waals surface area contributed by atoms with E-state index < -0.39 is 120 Å². The van der Waals surface area contributed by atoms with E-state index in [1.54, 1.807) is 77.1 Å². The number of Topliss-reactive ketones (excluding diaryl/α,β-unsaturated/α-hetero) is 2. The Labute approximate surface area is 750 Å². The average molecular weight is 1810 g/mol. The molecular weight excluding hydrogens is 1670 g/mol. The van der Waals surface area contributed by atoms with Gasteiger partial charge in [-0.2, -0.15) is 0 Å². The third-order valence-corrected chi connectivity index (χ3v) is 24.7. The van der Waals surface area contributed by atoms with Crippen molar-refractivity contribution >= 4 is 58.9 Å². The molecule has 0 spiro atoms. The number of esters is 1. The summed E-state index contributed by atoms with van der Waals surface area (Å²) in [7, 11) is 3.07. The van der Waals surface area contributed by atoms with E-state index in [1.807, 2.05) is 68.5 Å². The Hall–Kier alpha value is -7.72. The van der Waals surface area contributed by atoms with Crippen molar-refractivity contribution in [3.63, 3.8) is 0 Å². The van der Waals surface area contributed by atoms with E-state index in [4.69, 9.17) is 77.8 Å². The van der Waals surface area contributed by atoms with Gasteiger partial charge in [0.2, 0.25) is 11.7 Å². The molecule has 3 fully saturated rings. The Morgan fingerprint density at radius 2 is 1.35 bits per heavy atom. The van der Waals surface area contributed by atoms with Crippen LogP contribution in [-0.4, -0.2) is 302 Å². The number of nitrogens with zero attached hydrogens (tertiary/aromatic N) is 3. The van der Waals surface area contributed by atoms with Crippen molar-refractivity contribution in [1.29, 1.82) is 0 Å². The molecule has 2 saturated heterocycles. The number of alkyl carbamates (subject to hydrolysis) is 1. The maximum atomic E-state index is 15.7. The Balaban J connectivity index is 0.636. The SMILES string of the molecule is CO[C@H]1C[C@@H]2CC[C@@H](C)[C@@](O)(O2)C(=O)C(=O)N2CCCC[C@H]2C(=O)O[C@H]([C@H](N)C[C@@H]2CC[C@@H](OC(=O)NCCOCCOCCOCCOCCOCCOCCOCCOCCC(=O)NCCSc3ccc(C(=O)N4CCOc5ccc(-c6ccc(N)nc6)cc5C4)c(C)c3F)[C@H](OC)C2)C[C@@H](O)[C@H](C)/C=C(\C)[C@@H](O)[C@@H](O)C(=O)[C@H](C)C[C@H](C)/C=C/C=C/C=C/1C. The van der Waals surface area contributed by atoms with Gasteiger partial charge in [0.15, 0.2) is 5.78 Å². The van der Waals surface area contributed by atoms with Crippen molar-refractivity contribution in [2.75, 3.05) is 164 Å². The number of piperidine rings is 1. The second kappa shape index (κ2) is 55.5. The maximum absolute atomic E-state index is 15.7. The molecule has 3 aromatic rings. The number of aliphatic hydroxyl groups is 4. The summed E-state index contributed by atoms with van der Waals surface area (Å²) in [5.74, 6) is -7.93. The molecule has 4 amide bonds. The fourth-order valence-electron chi connectivity index (χ4n) is 16.1. The number of fused-ring (bicyclic) bond motifs is 4. The molecular formula is C93H138FN7O25S. The number of hydrogen-bond donors (Lipinski definition) is 8. The number of anilines is 1. The molecule has 32 nitrogen and oxygen atoms in total. The number of aromatic nitrogens is 1. The fourth-order valence-corrected chi connectivity index (χ4v) is 16.9. The zero-order valence-corrected chi connectivity index (χ0v) is 76.2. The minimum Gasteiger partial charge on any atom is -0.491 e. The molecule has 8 rings (SSSR count). The number of thioether (sulfide) groups is 1. The first-order valence-corrected chi connectivity index (χ1v) is 45.7. The lowest BCUT2D eigenvalue weighted by atomic mass is 9.80. The lowest BCUT2D eigenvalue weighted by Gasteiger charge is -2.42. The molecule has 4 aliphatic heterocycles. The van der Waals surface area contributed by atoms with Crippen molar-refractivity contribution in [1.82, 2.24) is 25.4 Å². The number of ether oxygens (including phenoxy) is 14. The Bertz CT molecular complexity index is 4050. The van der Waals surface area contributed by atoms with Crippen LogP contribution in [0.3, 0.4) is 0 Å². The van der Waals surface area contributed by atoms with Gasteiger partial charge in [-0.05, 0) is 155 Å². The highest BCUT2D eigenvalue weighted by Gasteiger charge is 2.53. The summed E-state index contributed by atoms with van der Waals surface area (Å²) in [5.41, 5.74) is 17.0. The van der Waals surface area contributed by atoms with Crippen molar-refractivity contribution in [3.05, 3.63) is 119 Å². The summed E-state index contributed by atoms with van der Waals surface area (Å²) in [6, 6.07) is 10.5. The number of cyclic esters (lactones) is 1. The molecule has 10 N–H and O–H groups in total. The third-order valence-electron chi connectivity index (χ3n) is 23.7. The number of pyridine rings is 1. The largest absolute Gasteiger partial charge is 0.491 e. The van der Waals surface area contributed by atoms with Gasteiger partial charge < -0.3 is 119 Å². The van der Waals surface area contributed by atoms with Crippen LogP contribution in [0.15, 0.2) is 101 Å². The van der Waals surface area contributed by atoms with E-state index >= 15 is 4.39 Å². The van der Waals surface area contributed by atoms with E-state index in [9.17, 15) is 54.0 Å². The van der Waals surface area contributed by atoms with E-state index in [2.05, 4.69) is 15.6 Å². The molecule has 708 valence electrons. The van der Waals surface area contributed by atoms with Gasteiger partial charge in [-0.1, -0.05) is 70.2 Å². The highest BCUT2D eigenvalue weighted by atomic mass is 32.2. The smallest absolute Gasteiger partial charge is 0.407 e. The molecule has 16 atom stereocenters. The van der Waals surface area contributed by atoms with E-state index in [1.165, 1.54) is 18.9 Å². The molecule has 5 aliphatic rings. The predicted octanol–water partition coefficient (Wildman–Crippen LogP) is 8.30. The molecule has 2 aromatic carbocycles. The number of ketones is 2. The highest BCUT2D eigenvalue weighted by Crippen LogP contribution is 2.39. The summed E-state index contributed by atoms with van der Waals surface area (Å²) in [4.78, 5) is 104. The number of carbonyl (C=O) groups excluding carboxylic acids is 7. The minimum atomic E-state index is -2.50. The number of nitrogen functional groups attached to an aromatic ring is 1. The summed E-state index contributed by atoms with van der Waals surface area (Å²) in [6.45, 7) is 18.8. The topological polar surface area (TPSA) is 425 Å². The van der Waals surface area contributed by atoms with Crippen LogP contribution in [0.5, 0.6) is 5.75 Å². The van der Waals surface area contributed by atoms with E-state index in [0.717, 1.165) is 27.2 Å². The molecule has 2 bridgehead atoms. The zero-order chi connectivity index (χ0) is 91.8. The summed E-state index contributed by atoms with van der Waals surface area (Å²) >= 11 is 1.26. The van der Waals surface area contributed by atoms with Gasteiger partial charge >= 0.3 is 12.1 Å². The standard InChI is InChI=1S/C93H138FN7O25S/c1-60-15-11-10-12-16-61(2)78(113-8)56-71-22-18-65(6)93(112,126-71)88(107)90(109)101-31-14-13-17-74(101)91(110)124-79(57-75(102)62(3)52-64(5)86(105)87(106)85(104)63(4)51-60)73(95)53-67-19-24-77(80(54-67)114-9)125-92(111)98-29-34-116-37-39-118-41-43-120-45-47-122-49-48-121-46-44-119-42-40-117-38-36-115-33-28-83(103)97-30-50-127-81-26-23-72(66(7)84(81)94)89(108)100-32-35-123-76-25-20-68(55-70(76)59-100)69-21-27-82(96)99-58-69/h10-12,15-16,20-21,23,25-27,52,55,58,60,62-63,65,67,71,73-75,77-80,86-87,102,105-106,112H,13-14,17-19,22,24,28-51,53-54,56-57,59,95H2,1-9H3,(H2,96,99)(H,97,103)(H,98,111)/b12-10+,15-11+,61-16+,64-52+/t60-,62-,63-,65-,67+,71+,73-,74+,75-,77-,78+,79+,80-,86-,87+,93-/m1/s1. The van der Waals surface area contributed by atoms with Crippen LogP contribution in [0.4, 0.5) is 15.0 Å². The number of aliphatic hydroxyl groups excluding tert-OH is 3. The number of methoxy groups -OCH3 is 2. The average Bonchev–Trinajstić information content (AvgIpc) is 0.891. The molecule has 1 saturated carbocycles. The number of hydrogen-bond acceptors (Lipinski definition) is 29. The number of amides is 4. The lowest BCUT2D eigenvalue weighted by molar-refractivity contribution is -0.265. The Kier molecular flexibility index (Phi) is 45.7. The first-order chi connectivity index (χ1) is 61.1. The normalized spacial score (nSPS) is 27.4. The van der Waals surface area contributed by atoms with Crippen molar-refractivity contribution in [3.8, 4) is 16.9 Å². The van der Waals surface area contributed by atoms with Gasteiger partial charge in [0, 0.05) is 117 Å². The molecule has 34 heteroatoms. The maximum Gasteiger partial charge on any atom is 0.407 e. The zero-order valence-electron chi connectivity index (χ0n) is 75.3. The van der Waals surface area contributed by atoms with Crippen LogP contribution < -0.4 is 26.8 Å². The van der Waals surface area contributed by atoms with Crippen LogP contribution in [-0.2, 0) is 92.1 Å². The minimum absolute atomic E-state index is 0.0124. The van der Waals surface area contributed by atoms with Crippen LogP contribution in [0.2, 0.25) is 0 Å². The molecule has 1 aromatic heterocycles. The third kappa shape index (κ3) is 33.9. The van der Waals surface area contributed by atoms with Gasteiger partial charge in [0.1, 0.15) is 54.4 Å². The number of allylic oxidation sites excluding steroid dienone is 5. The molecule has 127 heavy (non-hydrogen) atoms. The number of benzene rings is 2. The monoisotopic (exact) mass is 1800 g/mol. The second-order valence-corrected chi connectivity index (χ2v) is 34.5. The van der Waals surface area contributed by atoms with E-state index in [0.29, 0.717) is 186 Å². The van der Waals surface area contributed by atoms with Gasteiger partial charge in [-0.25, -0.2) is 19.0 Å². The van der Waals surface area contributed by atoms with Crippen LogP contribution in [0, 0.1) is 42.3 Å². The summed E-state index contributed by atoms with van der Waals surface area (Å²) in [6.07, 6.45) is 8.04. The van der Waals surface area contributed by atoms with Crippen molar-refractivity contribution in [2.24, 2.45) is 35.3 Å². The van der Waals surface area contributed by atoms with Crippen LogP contribution >= 0.6 is 11.8 Å². The van der Waals surface area contributed by atoms with Gasteiger partial charge in [-0.3, -0.25) is 24.0 Å². The van der Waals surface area contributed by atoms with Crippen LogP contribution in [0.25, 0.3) is 11.1 Å². The number of nitrogens with one attached hydrogen (secondary N) is 2. The van der Waals surface area contributed by atoms with Crippen molar-refractivity contribution < 1.29 is 125 Å². The van der Waals surface area contributed by atoms with Gasteiger partial charge in [0.25, 0.3) is 17.6 Å². The summed E-state index contributed by atoms with van der Waals surface area (Å²) in [5, 5.41) is 52.1. The molecule has 0 radical (unpaired) electrons. The molecule has 1 aliphatic carbocycles. The van der Waals surface area contributed by atoms with Gasteiger partial charge in [-0.15, -0.1) is 11.8 Å². The molecule has 5 heterocycles. The van der Waals surface area contributed by atoms with Crippen molar-refractivity contribution in [2.45, 2.75) is 210 Å². The Morgan fingerprint density at radius 3 is 1.99 bits per heavy atom. The first kappa shape index (κ1) is 105. The number of nitrogens with two attached hydrogens (primary N) is 2. The highest BCUT2D eigenvalue weighted by molar-refractivity contribution is 7.99. The quantitative estimate of drug-likeness (QED) is 0.00874. The number of rotatable bonds is 39. The van der Waals surface area contributed by atoms with E-state index in [-0.39, 0.29) is 105 Å². The van der Waals surface area contributed by atoms with Gasteiger partial charge in [0.05, 0.1) is 137 Å². The number of carbonyl (C=O) groups is 7. The summed E-state index contributed by atoms with van der Waals surface area (Å²) < 4.78 is 96.3. The number of halogens is 1. The Morgan fingerprint density at radius 1 is 0.693 bits per heavy atom.